The van der Waals surface area contributed by atoms with Gasteiger partial charge in [-0.25, -0.2) is 0 Å². The van der Waals surface area contributed by atoms with Crippen LogP contribution in [0.25, 0.3) is 0 Å². The van der Waals surface area contributed by atoms with Crippen LogP contribution in [0.5, 0.6) is 0 Å². The number of anilines is 1. The zero-order chi connectivity index (χ0) is 12.8. The van der Waals surface area contributed by atoms with Crippen LogP contribution in [0.4, 0.5) is 18.9 Å². The predicted octanol–water partition coefficient (Wildman–Crippen LogP) is 1.30. The van der Waals surface area contributed by atoms with Crippen molar-refractivity contribution in [3.8, 4) is 0 Å². The molecular formula is C10H7F3N2O2. The first-order valence-electron chi connectivity index (χ1n) is 4.63. The van der Waals surface area contributed by atoms with E-state index in [2.05, 4.69) is 5.32 Å². The molecule has 4 nitrogen and oxygen atoms in total. The highest BCUT2D eigenvalue weighted by Gasteiger charge is 2.37. The van der Waals surface area contributed by atoms with Gasteiger partial charge in [0.05, 0.1) is 12.0 Å². The van der Waals surface area contributed by atoms with Crippen LogP contribution in [0.15, 0.2) is 12.1 Å². The quantitative estimate of drug-likeness (QED) is 0.781. The monoisotopic (exact) mass is 244 g/mol. The van der Waals surface area contributed by atoms with E-state index in [-0.39, 0.29) is 23.2 Å². The Balaban J connectivity index is 2.66. The molecule has 0 fully saturated rings. The molecule has 1 heterocycles. The largest absolute Gasteiger partial charge is 0.416 e. The summed E-state index contributed by atoms with van der Waals surface area (Å²) in [5, 5.41) is 2.26. The van der Waals surface area contributed by atoms with Gasteiger partial charge in [0.1, 0.15) is 0 Å². The Morgan fingerprint density at radius 1 is 1.35 bits per heavy atom. The van der Waals surface area contributed by atoms with Crippen LogP contribution in [0.1, 0.15) is 21.5 Å². The van der Waals surface area contributed by atoms with Gasteiger partial charge in [-0.1, -0.05) is 0 Å². The number of alkyl halides is 3. The van der Waals surface area contributed by atoms with Crippen LogP contribution in [0, 0.1) is 0 Å². The van der Waals surface area contributed by atoms with Crippen molar-refractivity contribution in [3.05, 3.63) is 28.8 Å². The molecule has 0 aliphatic carbocycles. The average molecular weight is 244 g/mol. The number of carbonyl (C=O) groups excluding carboxylic acids is 2. The van der Waals surface area contributed by atoms with E-state index in [1.54, 1.807) is 0 Å². The van der Waals surface area contributed by atoms with Crippen molar-refractivity contribution in [2.45, 2.75) is 12.6 Å². The second-order valence-corrected chi connectivity index (χ2v) is 3.64. The van der Waals surface area contributed by atoms with Crippen molar-refractivity contribution >= 4 is 17.5 Å². The minimum atomic E-state index is -4.62. The maximum absolute atomic E-state index is 12.7. The van der Waals surface area contributed by atoms with Gasteiger partial charge in [0.25, 0.3) is 0 Å². The minimum Gasteiger partial charge on any atom is -0.366 e. The summed E-state index contributed by atoms with van der Waals surface area (Å²) in [4.78, 5) is 22.0. The Hall–Kier alpha value is -2.05. The molecular weight excluding hydrogens is 237 g/mol. The number of benzene rings is 1. The lowest BCUT2D eigenvalue weighted by Gasteiger charge is -2.12. The summed E-state index contributed by atoms with van der Waals surface area (Å²) in [5.74, 6) is -1.51. The normalized spacial score (nSPS) is 14.4. The van der Waals surface area contributed by atoms with Crippen molar-refractivity contribution in [1.82, 2.24) is 0 Å². The number of primary amides is 1. The molecule has 2 amide bonds. The molecule has 1 aromatic rings. The topological polar surface area (TPSA) is 72.2 Å². The number of nitrogens with two attached hydrogens (primary N) is 1. The van der Waals surface area contributed by atoms with Crippen molar-refractivity contribution in [1.29, 1.82) is 0 Å². The lowest BCUT2D eigenvalue weighted by molar-refractivity contribution is -0.138. The van der Waals surface area contributed by atoms with E-state index in [0.29, 0.717) is 6.07 Å². The van der Waals surface area contributed by atoms with E-state index >= 15 is 0 Å². The van der Waals surface area contributed by atoms with Crippen LogP contribution in [-0.4, -0.2) is 11.8 Å². The van der Waals surface area contributed by atoms with Crippen LogP contribution >= 0.6 is 0 Å². The molecule has 1 aliphatic rings. The number of fused-ring (bicyclic) bond motifs is 1. The predicted molar refractivity (Wildman–Crippen MR) is 52.3 cm³/mol. The summed E-state index contributed by atoms with van der Waals surface area (Å²) in [6.07, 6.45) is -4.97. The molecule has 0 spiro atoms. The molecule has 0 aromatic heterocycles. The number of nitrogens with one attached hydrogen (secondary N) is 1. The highest BCUT2D eigenvalue weighted by Crippen LogP contribution is 2.38. The maximum Gasteiger partial charge on any atom is 0.416 e. The van der Waals surface area contributed by atoms with Crippen LogP contribution in [-0.2, 0) is 17.4 Å². The van der Waals surface area contributed by atoms with E-state index in [0.717, 1.165) is 6.07 Å². The van der Waals surface area contributed by atoms with Crippen molar-refractivity contribution in [2.75, 3.05) is 5.32 Å². The van der Waals surface area contributed by atoms with E-state index in [4.69, 9.17) is 5.73 Å². The SMILES string of the molecule is NC(=O)c1cc2c(c(C(F)(F)F)c1)CC(=O)N2. The minimum absolute atomic E-state index is 0.00127. The molecule has 7 heteroatoms. The first-order valence-corrected chi connectivity index (χ1v) is 4.63. The zero-order valence-corrected chi connectivity index (χ0v) is 8.39. The third-order valence-electron chi connectivity index (χ3n) is 2.45. The lowest BCUT2D eigenvalue weighted by atomic mass is 10.0. The molecule has 0 bridgehead atoms. The molecule has 3 N–H and O–H groups in total. The van der Waals surface area contributed by atoms with Gasteiger partial charge >= 0.3 is 6.18 Å². The van der Waals surface area contributed by atoms with Gasteiger partial charge < -0.3 is 11.1 Å². The molecule has 0 radical (unpaired) electrons. The third-order valence-corrected chi connectivity index (χ3v) is 2.45. The average Bonchev–Trinajstić information content (AvgIpc) is 2.54. The fraction of sp³-hybridized carbons (Fsp3) is 0.200. The Labute approximate surface area is 93.6 Å². The van der Waals surface area contributed by atoms with E-state index < -0.39 is 23.6 Å². The van der Waals surface area contributed by atoms with Crippen molar-refractivity contribution in [2.24, 2.45) is 5.73 Å². The number of carbonyl (C=O) groups is 2. The molecule has 1 aromatic carbocycles. The van der Waals surface area contributed by atoms with Crippen molar-refractivity contribution in [3.63, 3.8) is 0 Å². The van der Waals surface area contributed by atoms with Crippen LogP contribution in [0.3, 0.4) is 0 Å². The summed E-state index contributed by atoms with van der Waals surface area (Å²) < 4.78 is 38.2. The van der Waals surface area contributed by atoms with E-state index in [1.165, 1.54) is 0 Å². The van der Waals surface area contributed by atoms with E-state index in [9.17, 15) is 22.8 Å². The molecule has 90 valence electrons. The summed E-state index contributed by atoms with van der Waals surface area (Å²) in [7, 11) is 0. The number of hydrogen-bond acceptors (Lipinski definition) is 2. The molecule has 0 saturated carbocycles. The standard InChI is InChI=1S/C10H7F3N2O2/c11-10(12,13)6-1-4(9(14)17)2-7-5(6)3-8(16)15-7/h1-2H,3H2,(H2,14,17)(H,15,16). The summed E-state index contributed by atoms with van der Waals surface area (Å²) >= 11 is 0. The van der Waals surface area contributed by atoms with Crippen LogP contribution in [0.2, 0.25) is 0 Å². The second kappa shape index (κ2) is 3.47. The fourth-order valence-corrected chi connectivity index (χ4v) is 1.72. The Morgan fingerprint density at radius 2 is 2.00 bits per heavy atom. The number of hydrogen-bond donors (Lipinski definition) is 2. The van der Waals surface area contributed by atoms with Crippen molar-refractivity contribution < 1.29 is 22.8 Å². The zero-order valence-electron chi connectivity index (χ0n) is 8.39. The molecule has 0 unspecified atom stereocenters. The Kier molecular flexibility index (Phi) is 2.34. The molecule has 17 heavy (non-hydrogen) atoms. The first kappa shape index (κ1) is 11.4. The van der Waals surface area contributed by atoms with Gasteiger partial charge in [0.15, 0.2) is 0 Å². The second-order valence-electron chi connectivity index (χ2n) is 3.64. The third kappa shape index (κ3) is 1.95. The van der Waals surface area contributed by atoms with Gasteiger partial charge in [-0.15, -0.1) is 0 Å². The number of amides is 2. The Bertz CT molecular complexity index is 523. The van der Waals surface area contributed by atoms with Gasteiger partial charge in [-0.05, 0) is 17.7 Å². The molecule has 0 saturated heterocycles. The summed E-state index contributed by atoms with van der Waals surface area (Å²) in [6, 6.07) is 1.82. The summed E-state index contributed by atoms with van der Waals surface area (Å²) in [6.45, 7) is 0. The van der Waals surface area contributed by atoms with E-state index in [1.807, 2.05) is 0 Å². The van der Waals surface area contributed by atoms with Crippen LogP contribution < -0.4 is 11.1 Å². The summed E-state index contributed by atoms with van der Waals surface area (Å²) in [5.41, 5.74) is 3.51. The highest BCUT2D eigenvalue weighted by atomic mass is 19.4. The molecule has 1 aliphatic heterocycles. The van der Waals surface area contributed by atoms with Gasteiger partial charge in [0.2, 0.25) is 11.8 Å². The fourth-order valence-electron chi connectivity index (χ4n) is 1.72. The van der Waals surface area contributed by atoms with Gasteiger partial charge in [0, 0.05) is 11.3 Å². The number of halogens is 3. The molecule has 0 atom stereocenters. The first-order chi connectivity index (χ1) is 7.79. The lowest BCUT2D eigenvalue weighted by Crippen LogP contribution is -2.15. The molecule has 2 rings (SSSR count). The Morgan fingerprint density at radius 3 is 2.53 bits per heavy atom. The highest BCUT2D eigenvalue weighted by molar-refractivity contribution is 6.02. The smallest absolute Gasteiger partial charge is 0.366 e. The van der Waals surface area contributed by atoms with Gasteiger partial charge in [-0.2, -0.15) is 13.2 Å². The van der Waals surface area contributed by atoms with Gasteiger partial charge in [-0.3, -0.25) is 9.59 Å². The number of rotatable bonds is 1. The maximum atomic E-state index is 12.7.